The van der Waals surface area contributed by atoms with E-state index in [4.69, 9.17) is 0 Å². The number of aliphatic hydroxyl groups is 2. The van der Waals surface area contributed by atoms with Crippen LogP contribution in [0.25, 0.3) is 6.08 Å². The predicted octanol–water partition coefficient (Wildman–Crippen LogP) is 6.38. The molecule has 0 radical (unpaired) electrons. The fraction of sp³-hybridized carbons (Fsp3) is 0.630. The largest absolute Gasteiger partial charge is 0.416 e. The molecule has 1 aromatic rings. The van der Waals surface area contributed by atoms with Crippen LogP contribution in [0.15, 0.2) is 41.5 Å². The van der Waals surface area contributed by atoms with E-state index >= 15 is 0 Å². The van der Waals surface area contributed by atoms with Crippen LogP contribution >= 0.6 is 0 Å². The molecule has 0 bridgehead atoms. The Kier molecular flexibility index (Phi) is 5.18. The molecule has 0 spiro atoms. The third kappa shape index (κ3) is 3.38. The molecule has 174 valence electrons. The Hall–Kier alpha value is -1.59. The Labute approximate surface area is 188 Å². The van der Waals surface area contributed by atoms with Crippen LogP contribution < -0.4 is 0 Å². The molecule has 5 rings (SSSR count). The van der Waals surface area contributed by atoms with Gasteiger partial charge in [-0.05, 0) is 91.4 Å². The zero-order valence-electron chi connectivity index (χ0n) is 18.8. The van der Waals surface area contributed by atoms with E-state index < -0.39 is 17.8 Å². The number of hydrogen-bond acceptors (Lipinski definition) is 2. The number of fused-ring (bicyclic) bond motifs is 5. The molecule has 32 heavy (non-hydrogen) atoms. The van der Waals surface area contributed by atoms with Gasteiger partial charge in [-0.25, -0.2) is 0 Å². The maximum atomic E-state index is 12.9. The van der Waals surface area contributed by atoms with Gasteiger partial charge in [0.25, 0.3) is 0 Å². The number of aliphatic hydroxyl groups excluding tert-OH is 2. The highest BCUT2D eigenvalue weighted by Crippen LogP contribution is 2.65. The van der Waals surface area contributed by atoms with Crippen LogP contribution in [0, 0.1) is 28.6 Å². The number of rotatable bonds is 1. The van der Waals surface area contributed by atoms with Gasteiger partial charge >= 0.3 is 6.18 Å². The molecular weight excluding hydrogens is 413 g/mol. The van der Waals surface area contributed by atoms with Crippen molar-refractivity contribution in [1.29, 1.82) is 0 Å². The SMILES string of the molecule is C[C@]12CC[C@@H]3[C@H](CC=C4C[C@H](O)CC[C@@]43C)[C@@H]1C/C(=C\c1ccc(C(F)(F)F)cc1)[C@@H]2O. The summed E-state index contributed by atoms with van der Waals surface area (Å²) < 4.78 is 38.7. The van der Waals surface area contributed by atoms with Gasteiger partial charge in [0.1, 0.15) is 0 Å². The van der Waals surface area contributed by atoms with E-state index in [0.717, 1.165) is 62.7 Å². The Morgan fingerprint density at radius 3 is 2.38 bits per heavy atom. The molecule has 2 nitrogen and oxygen atoms in total. The Bertz CT molecular complexity index is 947. The number of halogens is 3. The highest BCUT2D eigenvalue weighted by molar-refractivity contribution is 5.56. The topological polar surface area (TPSA) is 40.5 Å². The monoisotopic (exact) mass is 446 g/mol. The third-order valence-corrected chi connectivity index (χ3v) is 9.54. The number of hydrogen-bond donors (Lipinski definition) is 2. The molecule has 0 saturated heterocycles. The van der Waals surface area contributed by atoms with E-state index in [2.05, 4.69) is 19.9 Å². The normalized spacial score (nSPS) is 42.8. The quantitative estimate of drug-likeness (QED) is 0.491. The highest BCUT2D eigenvalue weighted by atomic mass is 19.4. The summed E-state index contributed by atoms with van der Waals surface area (Å²) in [5, 5.41) is 21.5. The number of allylic oxidation sites excluding steroid dienone is 1. The maximum Gasteiger partial charge on any atom is 0.416 e. The summed E-state index contributed by atoms with van der Waals surface area (Å²) in [6.07, 6.45) is 5.73. The van der Waals surface area contributed by atoms with Crippen LogP contribution in [0.5, 0.6) is 0 Å². The van der Waals surface area contributed by atoms with Gasteiger partial charge in [0, 0.05) is 5.41 Å². The number of alkyl halides is 3. The van der Waals surface area contributed by atoms with Crippen LogP contribution in [0.4, 0.5) is 13.2 Å². The summed E-state index contributed by atoms with van der Waals surface area (Å²) in [7, 11) is 0. The molecule has 2 N–H and O–H groups in total. The summed E-state index contributed by atoms with van der Waals surface area (Å²) >= 11 is 0. The predicted molar refractivity (Wildman–Crippen MR) is 119 cm³/mol. The summed E-state index contributed by atoms with van der Waals surface area (Å²) in [5.41, 5.74) is 2.41. The Balaban J connectivity index is 1.42. The smallest absolute Gasteiger partial charge is 0.393 e. The van der Waals surface area contributed by atoms with E-state index in [0.29, 0.717) is 23.3 Å². The third-order valence-electron chi connectivity index (χ3n) is 9.54. The van der Waals surface area contributed by atoms with E-state index in [1.165, 1.54) is 17.7 Å². The lowest BCUT2D eigenvalue weighted by Crippen LogP contribution is -2.51. The first-order chi connectivity index (χ1) is 15.0. The summed E-state index contributed by atoms with van der Waals surface area (Å²) in [6, 6.07) is 5.23. The Morgan fingerprint density at radius 1 is 0.969 bits per heavy atom. The average Bonchev–Trinajstić information content (AvgIpc) is 2.99. The van der Waals surface area contributed by atoms with E-state index in [9.17, 15) is 23.4 Å². The minimum Gasteiger partial charge on any atom is -0.393 e. The fourth-order valence-electron chi connectivity index (χ4n) is 7.62. The maximum absolute atomic E-state index is 12.9. The first-order valence-corrected chi connectivity index (χ1v) is 12.0. The second-order valence-corrected chi connectivity index (χ2v) is 11.1. The van der Waals surface area contributed by atoms with Crippen molar-refractivity contribution in [3.05, 3.63) is 52.6 Å². The van der Waals surface area contributed by atoms with Gasteiger partial charge in [0.2, 0.25) is 0 Å². The van der Waals surface area contributed by atoms with E-state index in [1.54, 1.807) is 0 Å². The van der Waals surface area contributed by atoms with E-state index in [1.807, 2.05) is 6.08 Å². The lowest BCUT2D eigenvalue weighted by atomic mass is 9.48. The first-order valence-electron chi connectivity index (χ1n) is 12.0. The zero-order valence-corrected chi connectivity index (χ0v) is 18.8. The van der Waals surface area contributed by atoms with Gasteiger partial charge in [-0.15, -0.1) is 0 Å². The lowest BCUT2D eigenvalue weighted by molar-refractivity contribution is -0.137. The molecule has 1 aromatic carbocycles. The fourth-order valence-corrected chi connectivity index (χ4v) is 7.62. The van der Waals surface area contributed by atoms with Gasteiger partial charge in [0.05, 0.1) is 17.8 Å². The number of benzene rings is 1. The molecule has 3 saturated carbocycles. The van der Waals surface area contributed by atoms with Crippen molar-refractivity contribution >= 4 is 6.08 Å². The average molecular weight is 447 g/mol. The molecular formula is C27H33F3O2. The van der Waals surface area contributed by atoms with Crippen molar-refractivity contribution < 1.29 is 23.4 Å². The summed E-state index contributed by atoms with van der Waals surface area (Å²) in [5.74, 6) is 1.45. The second kappa shape index (κ2) is 7.46. The van der Waals surface area contributed by atoms with Gasteiger partial charge in [-0.3, -0.25) is 0 Å². The minimum absolute atomic E-state index is 0.147. The van der Waals surface area contributed by atoms with Gasteiger partial charge in [0.15, 0.2) is 0 Å². The van der Waals surface area contributed by atoms with Crippen LogP contribution in [-0.4, -0.2) is 22.4 Å². The molecule has 0 heterocycles. The van der Waals surface area contributed by atoms with Crippen LogP contribution in [-0.2, 0) is 6.18 Å². The summed E-state index contributed by atoms with van der Waals surface area (Å²) in [6.45, 7) is 4.59. The first kappa shape index (κ1) is 22.2. The molecule has 0 amide bonds. The zero-order chi connectivity index (χ0) is 22.9. The molecule has 7 atom stereocenters. The van der Waals surface area contributed by atoms with Crippen molar-refractivity contribution in [3.8, 4) is 0 Å². The van der Waals surface area contributed by atoms with Crippen LogP contribution in [0.1, 0.15) is 69.9 Å². The lowest BCUT2D eigenvalue weighted by Gasteiger charge is -2.57. The van der Waals surface area contributed by atoms with Gasteiger partial charge in [-0.1, -0.05) is 43.7 Å². The van der Waals surface area contributed by atoms with Crippen LogP contribution in [0.2, 0.25) is 0 Å². The molecule has 0 unspecified atom stereocenters. The second-order valence-electron chi connectivity index (χ2n) is 11.1. The van der Waals surface area contributed by atoms with Crippen molar-refractivity contribution in [1.82, 2.24) is 0 Å². The Morgan fingerprint density at radius 2 is 1.69 bits per heavy atom. The molecule has 0 aliphatic heterocycles. The summed E-state index contributed by atoms with van der Waals surface area (Å²) in [4.78, 5) is 0. The van der Waals surface area contributed by atoms with Crippen molar-refractivity contribution in [2.24, 2.45) is 28.6 Å². The minimum atomic E-state index is -4.34. The molecule has 5 heteroatoms. The molecule has 4 aliphatic carbocycles. The van der Waals surface area contributed by atoms with E-state index in [-0.39, 0.29) is 16.9 Å². The molecule has 4 aliphatic rings. The highest BCUT2D eigenvalue weighted by Gasteiger charge is 2.59. The molecule has 0 aromatic heterocycles. The standard InChI is InChI=1S/C27H33F3O2/c1-25-11-9-20(31)15-19(25)7-8-21-22(25)10-12-26(2)23(21)14-17(24(26)32)13-16-3-5-18(6-4-16)27(28,29)30/h3-7,13,20-24,31-32H,8-12,14-15H2,1-2H3/b17-13+/t20-,21+,22-,23+,24+,25+,26+/m1/s1. The van der Waals surface area contributed by atoms with Gasteiger partial charge < -0.3 is 10.2 Å². The van der Waals surface area contributed by atoms with Gasteiger partial charge in [-0.2, -0.15) is 13.2 Å². The van der Waals surface area contributed by atoms with Crippen molar-refractivity contribution in [3.63, 3.8) is 0 Å². The van der Waals surface area contributed by atoms with Crippen molar-refractivity contribution in [2.75, 3.05) is 0 Å². The molecule has 3 fully saturated rings. The van der Waals surface area contributed by atoms with Crippen LogP contribution in [0.3, 0.4) is 0 Å². The van der Waals surface area contributed by atoms with Crippen molar-refractivity contribution in [2.45, 2.75) is 77.2 Å².